The number of nitrogens with zero attached hydrogens (tertiary/aromatic N) is 3. The van der Waals surface area contributed by atoms with Crippen molar-refractivity contribution in [3.8, 4) is 0 Å². The summed E-state index contributed by atoms with van der Waals surface area (Å²) in [4.78, 5) is 33.9. The molecule has 3 aromatic heterocycles. The summed E-state index contributed by atoms with van der Waals surface area (Å²) in [5, 5.41) is 6.05. The Labute approximate surface area is 167 Å². The molecule has 2 N–H and O–H groups in total. The molecule has 1 aromatic carbocycles. The zero-order valence-corrected chi connectivity index (χ0v) is 16.2. The van der Waals surface area contributed by atoms with Crippen molar-refractivity contribution in [2.45, 2.75) is 26.3 Å². The van der Waals surface area contributed by atoms with Crippen molar-refractivity contribution >= 4 is 11.6 Å². The third-order valence-electron chi connectivity index (χ3n) is 4.82. The van der Waals surface area contributed by atoms with Crippen molar-refractivity contribution in [3.63, 3.8) is 0 Å². The highest BCUT2D eigenvalue weighted by Gasteiger charge is 2.19. The number of aromatic nitrogens is 4. The lowest BCUT2D eigenvalue weighted by atomic mass is 10.0. The Kier molecular flexibility index (Phi) is 4.95. The Balaban J connectivity index is 1.67. The van der Waals surface area contributed by atoms with E-state index < -0.39 is 0 Å². The number of hydrogen-bond donors (Lipinski definition) is 2. The third kappa shape index (κ3) is 3.94. The number of aryl methyl sites for hydroxylation is 2. The summed E-state index contributed by atoms with van der Waals surface area (Å²) in [5.41, 5.74) is 4.18. The first kappa shape index (κ1) is 18.6. The number of aromatic amines is 1. The predicted molar refractivity (Wildman–Crippen MR) is 110 cm³/mol. The van der Waals surface area contributed by atoms with Crippen molar-refractivity contribution in [2.24, 2.45) is 0 Å². The molecule has 29 heavy (non-hydrogen) atoms. The Morgan fingerprint density at radius 3 is 2.72 bits per heavy atom. The minimum atomic E-state index is -0.328. The molecule has 0 spiro atoms. The van der Waals surface area contributed by atoms with E-state index in [9.17, 15) is 9.59 Å². The summed E-state index contributed by atoms with van der Waals surface area (Å²) < 4.78 is 1.41. The quantitative estimate of drug-likeness (QED) is 0.551. The molecule has 7 nitrogen and oxygen atoms in total. The summed E-state index contributed by atoms with van der Waals surface area (Å²) in [6.45, 7) is 3.72. The predicted octanol–water partition coefficient (Wildman–Crippen LogP) is 2.75. The van der Waals surface area contributed by atoms with Crippen LogP contribution in [0, 0.1) is 13.8 Å². The van der Waals surface area contributed by atoms with E-state index >= 15 is 0 Å². The van der Waals surface area contributed by atoms with Gasteiger partial charge in [-0.1, -0.05) is 30.3 Å². The van der Waals surface area contributed by atoms with Crippen LogP contribution in [-0.2, 0) is 6.42 Å². The second kappa shape index (κ2) is 7.71. The fraction of sp³-hybridized carbons (Fsp3) is 0.182. The van der Waals surface area contributed by atoms with Gasteiger partial charge in [-0.05, 0) is 31.0 Å². The molecule has 0 aliphatic heterocycles. The van der Waals surface area contributed by atoms with Crippen LogP contribution in [0.1, 0.15) is 38.9 Å². The van der Waals surface area contributed by atoms with Crippen molar-refractivity contribution in [1.82, 2.24) is 24.9 Å². The lowest BCUT2D eigenvalue weighted by Gasteiger charge is -2.19. The Morgan fingerprint density at radius 2 is 1.97 bits per heavy atom. The molecule has 0 radical (unpaired) electrons. The Hall–Kier alpha value is -3.74. The summed E-state index contributed by atoms with van der Waals surface area (Å²) >= 11 is 0. The molecule has 0 aliphatic rings. The second-order valence-corrected chi connectivity index (χ2v) is 7.05. The summed E-state index contributed by atoms with van der Waals surface area (Å²) in [6.07, 6.45) is 3.66. The maximum absolute atomic E-state index is 12.9. The van der Waals surface area contributed by atoms with E-state index in [0.29, 0.717) is 23.3 Å². The van der Waals surface area contributed by atoms with Crippen LogP contribution in [0.2, 0.25) is 0 Å². The molecule has 1 atom stereocenters. The second-order valence-electron chi connectivity index (χ2n) is 7.05. The molecule has 1 amide bonds. The number of rotatable bonds is 5. The standard InChI is InChI=1S/C22H21N5O2/c1-14-13-23-9-8-18(14)22(29)25-19(16-6-4-3-5-7-16)11-17-12-21(28)27-20(24-17)10-15(2)26-27/h3-10,12-13,19,26H,11H2,1-2H3,(H,25,29). The number of fused-ring (bicyclic) bond motifs is 1. The molecule has 4 aromatic rings. The number of amides is 1. The van der Waals surface area contributed by atoms with Crippen LogP contribution >= 0.6 is 0 Å². The van der Waals surface area contributed by atoms with Gasteiger partial charge in [-0.3, -0.25) is 19.7 Å². The maximum Gasteiger partial charge on any atom is 0.272 e. The van der Waals surface area contributed by atoms with Gasteiger partial charge in [0.2, 0.25) is 0 Å². The fourth-order valence-corrected chi connectivity index (χ4v) is 3.38. The van der Waals surface area contributed by atoms with Gasteiger partial charge in [0.05, 0.1) is 11.7 Å². The zero-order chi connectivity index (χ0) is 20.4. The SMILES string of the molecule is Cc1cc2nc(CC(NC(=O)c3ccncc3C)c3ccccc3)cc(=O)n2[nH]1. The molecule has 4 rings (SSSR count). The number of carbonyl (C=O) groups excluding carboxylic acids is 1. The summed E-state index contributed by atoms with van der Waals surface area (Å²) in [7, 11) is 0. The van der Waals surface area contributed by atoms with E-state index in [1.807, 2.05) is 50.2 Å². The van der Waals surface area contributed by atoms with Gasteiger partial charge in [-0.25, -0.2) is 9.50 Å². The Morgan fingerprint density at radius 1 is 1.17 bits per heavy atom. The van der Waals surface area contributed by atoms with Crippen LogP contribution in [0.4, 0.5) is 0 Å². The maximum atomic E-state index is 12.9. The molecule has 1 unspecified atom stereocenters. The number of benzene rings is 1. The smallest absolute Gasteiger partial charge is 0.272 e. The molecule has 0 fully saturated rings. The molecule has 7 heteroatoms. The van der Waals surface area contributed by atoms with E-state index in [-0.39, 0.29) is 17.5 Å². The monoisotopic (exact) mass is 387 g/mol. The fourth-order valence-electron chi connectivity index (χ4n) is 3.38. The van der Waals surface area contributed by atoms with Gasteiger partial charge >= 0.3 is 0 Å². The van der Waals surface area contributed by atoms with Crippen LogP contribution < -0.4 is 10.9 Å². The van der Waals surface area contributed by atoms with Gasteiger partial charge in [0.15, 0.2) is 5.65 Å². The van der Waals surface area contributed by atoms with Gasteiger partial charge in [0.1, 0.15) is 0 Å². The van der Waals surface area contributed by atoms with E-state index in [2.05, 4.69) is 20.4 Å². The molecule has 146 valence electrons. The average molecular weight is 387 g/mol. The molecule has 0 aliphatic carbocycles. The minimum Gasteiger partial charge on any atom is -0.345 e. The highest BCUT2D eigenvalue weighted by atomic mass is 16.1. The number of carbonyl (C=O) groups is 1. The lowest BCUT2D eigenvalue weighted by Crippen LogP contribution is -2.31. The van der Waals surface area contributed by atoms with Gasteiger partial charge in [0.25, 0.3) is 11.5 Å². The number of H-pyrrole nitrogens is 1. The topological polar surface area (TPSA) is 92.2 Å². The summed E-state index contributed by atoms with van der Waals surface area (Å²) in [5.74, 6) is -0.186. The first-order chi connectivity index (χ1) is 14.0. The Bertz CT molecular complexity index is 1230. The van der Waals surface area contributed by atoms with Crippen LogP contribution in [0.15, 0.2) is 65.7 Å². The number of hydrogen-bond acceptors (Lipinski definition) is 4. The van der Waals surface area contributed by atoms with Crippen LogP contribution in [0.3, 0.4) is 0 Å². The van der Waals surface area contributed by atoms with E-state index in [0.717, 1.165) is 16.8 Å². The highest BCUT2D eigenvalue weighted by Crippen LogP contribution is 2.19. The molecular weight excluding hydrogens is 366 g/mol. The highest BCUT2D eigenvalue weighted by molar-refractivity contribution is 5.95. The third-order valence-corrected chi connectivity index (χ3v) is 4.82. The largest absolute Gasteiger partial charge is 0.345 e. The van der Waals surface area contributed by atoms with Gasteiger partial charge in [0, 0.05) is 42.2 Å². The first-order valence-electron chi connectivity index (χ1n) is 9.36. The number of nitrogens with one attached hydrogen (secondary N) is 2. The molecular formula is C22H21N5O2. The van der Waals surface area contributed by atoms with Gasteiger partial charge < -0.3 is 5.32 Å². The van der Waals surface area contributed by atoms with Gasteiger partial charge in [-0.15, -0.1) is 0 Å². The van der Waals surface area contributed by atoms with E-state index in [4.69, 9.17) is 0 Å². The molecule has 0 bridgehead atoms. The molecule has 3 heterocycles. The molecule has 0 saturated heterocycles. The zero-order valence-electron chi connectivity index (χ0n) is 16.2. The van der Waals surface area contributed by atoms with Crippen molar-refractivity contribution in [3.05, 3.63) is 99.4 Å². The van der Waals surface area contributed by atoms with Crippen LogP contribution in [-0.4, -0.2) is 25.5 Å². The van der Waals surface area contributed by atoms with Crippen molar-refractivity contribution in [1.29, 1.82) is 0 Å². The van der Waals surface area contributed by atoms with E-state index in [1.165, 1.54) is 10.6 Å². The number of pyridine rings is 1. The van der Waals surface area contributed by atoms with Crippen molar-refractivity contribution in [2.75, 3.05) is 0 Å². The van der Waals surface area contributed by atoms with Crippen molar-refractivity contribution < 1.29 is 4.79 Å². The first-order valence-corrected chi connectivity index (χ1v) is 9.36. The van der Waals surface area contributed by atoms with Gasteiger partial charge in [-0.2, -0.15) is 0 Å². The van der Waals surface area contributed by atoms with Crippen LogP contribution in [0.5, 0.6) is 0 Å². The normalized spacial score (nSPS) is 12.1. The minimum absolute atomic E-state index is 0.179. The summed E-state index contributed by atoms with van der Waals surface area (Å²) in [6, 6.07) is 14.4. The average Bonchev–Trinajstić information content (AvgIpc) is 3.09. The van der Waals surface area contributed by atoms with Crippen LogP contribution in [0.25, 0.3) is 5.65 Å². The molecule has 0 saturated carbocycles. The van der Waals surface area contributed by atoms with E-state index in [1.54, 1.807) is 18.5 Å². The lowest BCUT2D eigenvalue weighted by molar-refractivity contribution is 0.0935.